The number of hydrogen-bond acceptors (Lipinski definition) is 6. The molecular formula is C24H29N3O3S. The minimum Gasteiger partial charge on any atom is -0.497 e. The van der Waals surface area contributed by atoms with Crippen LogP contribution in [-0.2, 0) is 17.9 Å². The highest BCUT2D eigenvalue weighted by molar-refractivity contribution is 7.11. The number of furan rings is 1. The van der Waals surface area contributed by atoms with Crippen LogP contribution in [0.5, 0.6) is 5.75 Å². The predicted octanol–water partition coefficient (Wildman–Crippen LogP) is 4.01. The van der Waals surface area contributed by atoms with Crippen molar-refractivity contribution in [1.29, 1.82) is 0 Å². The van der Waals surface area contributed by atoms with Crippen LogP contribution in [0.1, 0.15) is 15.5 Å². The number of hydrogen-bond donors (Lipinski definition) is 0. The van der Waals surface area contributed by atoms with Gasteiger partial charge in [-0.15, -0.1) is 11.3 Å². The molecule has 0 bridgehead atoms. The van der Waals surface area contributed by atoms with E-state index in [2.05, 4.69) is 41.0 Å². The molecule has 1 aromatic carbocycles. The Morgan fingerprint density at radius 2 is 1.84 bits per heavy atom. The number of ether oxygens (including phenoxy) is 1. The molecule has 1 amide bonds. The molecule has 1 aliphatic rings. The summed E-state index contributed by atoms with van der Waals surface area (Å²) in [6.07, 6.45) is 1.68. The molecule has 0 saturated carbocycles. The van der Waals surface area contributed by atoms with Crippen LogP contribution in [0.4, 0.5) is 5.69 Å². The average Bonchev–Trinajstić information content (AvgIpc) is 3.45. The average molecular weight is 440 g/mol. The zero-order valence-electron chi connectivity index (χ0n) is 18.1. The quantitative estimate of drug-likeness (QED) is 0.531. The molecule has 6 nitrogen and oxygen atoms in total. The number of thiophene rings is 1. The number of rotatable bonds is 8. The fraction of sp³-hybridized carbons (Fsp3) is 0.375. The van der Waals surface area contributed by atoms with Crippen LogP contribution in [0.25, 0.3) is 0 Å². The SMILES string of the molecule is COc1ccc(N2CCN(C(=O)CN(Cc3ccco3)Cc3ccc(C)s3)CC2)cc1. The van der Waals surface area contributed by atoms with Crippen LogP contribution in [0.3, 0.4) is 0 Å². The summed E-state index contributed by atoms with van der Waals surface area (Å²) in [7, 11) is 1.67. The zero-order chi connectivity index (χ0) is 21.6. The summed E-state index contributed by atoms with van der Waals surface area (Å²) in [6.45, 7) is 7.01. The second kappa shape index (κ2) is 10.0. The second-order valence-corrected chi connectivity index (χ2v) is 9.18. The third kappa shape index (κ3) is 5.68. The Morgan fingerprint density at radius 3 is 2.45 bits per heavy atom. The summed E-state index contributed by atoms with van der Waals surface area (Å²) < 4.78 is 10.8. The first-order valence-corrected chi connectivity index (χ1v) is 11.4. The van der Waals surface area contributed by atoms with Gasteiger partial charge in [0.25, 0.3) is 0 Å². The Kier molecular flexibility index (Phi) is 6.94. The molecule has 0 N–H and O–H groups in total. The highest BCUT2D eigenvalue weighted by atomic mass is 32.1. The molecule has 0 unspecified atom stereocenters. The van der Waals surface area contributed by atoms with E-state index in [1.165, 1.54) is 15.4 Å². The number of anilines is 1. The molecule has 0 atom stereocenters. The highest BCUT2D eigenvalue weighted by Crippen LogP contribution is 2.21. The summed E-state index contributed by atoms with van der Waals surface area (Å²) in [5.41, 5.74) is 1.17. The number of amides is 1. The first kappa shape index (κ1) is 21.5. The Labute approximate surface area is 187 Å². The third-order valence-corrected chi connectivity index (χ3v) is 6.55. The Bertz CT molecular complexity index is 960. The van der Waals surface area contributed by atoms with Crippen LogP contribution < -0.4 is 9.64 Å². The van der Waals surface area contributed by atoms with Gasteiger partial charge in [0.15, 0.2) is 0 Å². The van der Waals surface area contributed by atoms with E-state index in [1.807, 2.05) is 29.2 Å². The smallest absolute Gasteiger partial charge is 0.236 e. The van der Waals surface area contributed by atoms with Gasteiger partial charge < -0.3 is 19.0 Å². The molecule has 1 aliphatic heterocycles. The first-order valence-electron chi connectivity index (χ1n) is 10.6. The summed E-state index contributed by atoms with van der Waals surface area (Å²) in [5, 5.41) is 0. The number of aryl methyl sites for hydroxylation is 1. The second-order valence-electron chi connectivity index (χ2n) is 7.80. The van der Waals surface area contributed by atoms with Gasteiger partial charge in [0, 0.05) is 48.2 Å². The van der Waals surface area contributed by atoms with Gasteiger partial charge in [-0.3, -0.25) is 9.69 Å². The van der Waals surface area contributed by atoms with Crippen LogP contribution in [0.2, 0.25) is 0 Å². The van der Waals surface area contributed by atoms with Gasteiger partial charge in [0.1, 0.15) is 11.5 Å². The van der Waals surface area contributed by atoms with Crippen LogP contribution in [0, 0.1) is 6.92 Å². The van der Waals surface area contributed by atoms with Crippen molar-refractivity contribution >= 4 is 22.9 Å². The zero-order valence-corrected chi connectivity index (χ0v) is 18.9. The predicted molar refractivity (Wildman–Crippen MR) is 124 cm³/mol. The van der Waals surface area contributed by atoms with Gasteiger partial charge in [-0.1, -0.05) is 0 Å². The minimum absolute atomic E-state index is 0.175. The molecular weight excluding hydrogens is 410 g/mol. The lowest BCUT2D eigenvalue weighted by atomic mass is 10.2. The molecule has 0 radical (unpaired) electrons. The summed E-state index contributed by atoms with van der Waals surface area (Å²) in [6, 6.07) is 16.2. The largest absolute Gasteiger partial charge is 0.497 e. The lowest BCUT2D eigenvalue weighted by Crippen LogP contribution is -2.51. The fourth-order valence-electron chi connectivity index (χ4n) is 3.88. The summed E-state index contributed by atoms with van der Waals surface area (Å²) in [5.74, 6) is 1.91. The molecule has 1 fully saturated rings. The number of carbonyl (C=O) groups is 1. The molecule has 7 heteroatoms. The molecule has 31 heavy (non-hydrogen) atoms. The van der Waals surface area contributed by atoms with E-state index >= 15 is 0 Å². The van der Waals surface area contributed by atoms with Crippen molar-refractivity contribution in [2.45, 2.75) is 20.0 Å². The molecule has 0 spiro atoms. The maximum Gasteiger partial charge on any atom is 0.236 e. The number of carbonyl (C=O) groups excluding carboxylic acids is 1. The summed E-state index contributed by atoms with van der Waals surface area (Å²) in [4.78, 5) is 22.1. The lowest BCUT2D eigenvalue weighted by molar-refractivity contribution is -0.133. The van der Waals surface area contributed by atoms with E-state index in [9.17, 15) is 4.79 Å². The normalized spacial score (nSPS) is 14.3. The Balaban J connectivity index is 1.34. The lowest BCUT2D eigenvalue weighted by Gasteiger charge is -2.37. The van der Waals surface area contributed by atoms with Crippen molar-refractivity contribution in [2.24, 2.45) is 0 Å². The van der Waals surface area contributed by atoms with Crippen molar-refractivity contribution in [3.8, 4) is 5.75 Å². The first-order chi connectivity index (χ1) is 15.1. The topological polar surface area (TPSA) is 49.2 Å². The molecule has 3 aromatic rings. The van der Waals surface area contributed by atoms with Crippen molar-refractivity contribution in [1.82, 2.24) is 9.80 Å². The van der Waals surface area contributed by atoms with E-state index < -0.39 is 0 Å². The molecule has 2 aromatic heterocycles. The van der Waals surface area contributed by atoms with Crippen molar-refractivity contribution < 1.29 is 13.9 Å². The molecule has 1 saturated heterocycles. The molecule has 3 heterocycles. The van der Waals surface area contributed by atoms with E-state index in [0.717, 1.165) is 44.2 Å². The number of nitrogens with zero attached hydrogens (tertiary/aromatic N) is 3. The van der Waals surface area contributed by atoms with Gasteiger partial charge >= 0.3 is 0 Å². The van der Waals surface area contributed by atoms with Gasteiger partial charge in [0.05, 0.1) is 26.5 Å². The van der Waals surface area contributed by atoms with Crippen molar-refractivity contribution in [2.75, 3.05) is 44.7 Å². The van der Waals surface area contributed by atoms with Crippen molar-refractivity contribution in [3.63, 3.8) is 0 Å². The fourth-order valence-corrected chi connectivity index (χ4v) is 4.81. The standard InChI is InChI=1S/C24H29N3O3S/c1-19-5-10-23(31-19)17-25(16-22-4-3-15-30-22)18-24(28)27-13-11-26(12-14-27)20-6-8-21(29-2)9-7-20/h3-10,15H,11-14,16-18H2,1-2H3. The number of piperazine rings is 1. The van der Waals surface area contributed by atoms with Gasteiger partial charge in [-0.05, 0) is 55.5 Å². The molecule has 164 valence electrons. The highest BCUT2D eigenvalue weighted by Gasteiger charge is 2.23. The Hall–Kier alpha value is -2.77. The molecule has 4 rings (SSSR count). The third-order valence-electron chi connectivity index (χ3n) is 5.56. The van der Waals surface area contributed by atoms with Crippen LogP contribution in [0.15, 0.2) is 59.2 Å². The minimum atomic E-state index is 0.175. The van der Waals surface area contributed by atoms with Crippen molar-refractivity contribution in [3.05, 3.63) is 70.3 Å². The number of methoxy groups -OCH3 is 1. The Morgan fingerprint density at radius 1 is 1.06 bits per heavy atom. The monoisotopic (exact) mass is 439 g/mol. The van der Waals surface area contributed by atoms with Gasteiger partial charge in [0.2, 0.25) is 5.91 Å². The van der Waals surface area contributed by atoms with E-state index in [4.69, 9.17) is 9.15 Å². The van der Waals surface area contributed by atoms with E-state index in [1.54, 1.807) is 24.7 Å². The van der Waals surface area contributed by atoms with E-state index in [0.29, 0.717) is 13.1 Å². The number of benzene rings is 1. The summed E-state index contributed by atoms with van der Waals surface area (Å²) >= 11 is 1.78. The molecule has 0 aliphatic carbocycles. The maximum absolute atomic E-state index is 13.1. The van der Waals surface area contributed by atoms with Crippen LogP contribution >= 0.6 is 11.3 Å². The van der Waals surface area contributed by atoms with Gasteiger partial charge in [-0.25, -0.2) is 0 Å². The van der Waals surface area contributed by atoms with Crippen LogP contribution in [-0.4, -0.2) is 55.5 Å². The van der Waals surface area contributed by atoms with Gasteiger partial charge in [-0.2, -0.15) is 0 Å². The maximum atomic E-state index is 13.1. The van der Waals surface area contributed by atoms with E-state index in [-0.39, 0.29) is 5.91 Å².